The van der Waals surface area contributed by atoms with Crippen LogP contribution in [0.5, 0.6) is 11.5 Å². The highest BCUT2D eigenvalue weighted by atomic mass is 16.5. The van der Waals surface area contributed by atoms with E-state index < -0.39 is 0 Å². The van der Waals surface area contributed by atoms with Crippen LogP contribution in [0.3, 0.4) is 0 Å². The van der Waals surface area contributed by atoms with E-state index in [1.807, 2.05) is 6.07 Å². The molecular formula is C12H14O2. The second-order valence-electron chi connectivity index (χ2n) is 3.62. The number of ether oxygens (including phenoxy) is 1. The molecule has 1 aliphatic carbocycles. The fraction of sp³-hybridized carbons (Fsp3) is 0.333. The van der Waals surface area contributed by atoms with E-state index >= 15 is 0 Å². The molecule has 1 aromatic carbocycles. The second-order valence-corrected chi connectivity index (χ2v) is 3.62. The Hall–Kier alpha value is -1.44. The van der Waals surface area contributed by atoms with Crippen molar-refractivity contribution in [1.29, 1.82) is 0 Å². The summed E-state index contributed by atoms with van der Waals surface area (Å²) in [6.45, 7) is 0.733. The van der Waals surface area contributed by atoms with Crippen LogP contribution >= 0.6 is 0 Å². The Bertz CT molecular complexity index is 323. The van der Waals surface area contributed by atoms with Crippen molar-refractivity contribution in [3.8, 4) is 11.5 Å². The van der Waals surface area contributed by atoms with Crippen LogP contribution in [0.2, 0.25) is 0 Å². The van der Waals surface area contributed by atoms with E-state index in [0.29, 0.717) is 5.92 Å². The summed E-state index contributed by atoms with van der Waals surface area (Å²) >= 11 is 0. The third kappa shape index (κ3) is 2.28. The Morgan fingerprint density at radius 3 is 2.79 bits per heavy atom. The molecule has 0 atom stereocenters. The third-order valence-corrected chi connectivity index (χ3v) is 2.41. The van der Waals surface area contributed by atoms with Gasteiger partial charge in [0.25, 0.3) is 0 Å². The summed E-state index contributed by atoms with van der Waals surface area (Å²) in [7, 11) is 0. The van der Waals surface area contributed by atoms with Crippen LogP contribution in [0.15, 0.2) is 36.4 Å². The van der Waals surface area contributed by atoms with Crippen LogP contribution in [-0.2, 0) is 0 Å². The van der Waals surface area contributed by atoms with Gasteiger partial charge in [-0.25, -0.2) is 0 Å². The van der Waals surface area contributed by atoms with E-state index in [9.17, 15) is 5.11 Å². The van der Waals surface area contributed by atoms with Crippen LogP contribution < -0.4 is 4.74 Å². The first-order valence-electron chi connectivity index (χ1n) is 4.91. The SMILES string of the molecule is Oc1cccc(OCC2CC=CC2)c1. The zero-order valence-corrected chi connectivity index (χ0v) is 8.02. The third-order valence-electron chi connectivity index (χ3n) is 2.41. The van der Waals surface area contributed by atoms with Gasteiger partial charge in [-0.3, -0.25) is 0 Å². The number of allylic oxidation sites excluding steroid dienone is 2. The van der Waals surface area contributed by atoms with E-state index in [-0.39, 0.29) is 5.75 Å². The molecule has 0 aromatic heterocycles. The van der Waals surface area contributed by atoms with E-state index in [2.05, 4.69) is 12.2 Å². The van der Waals surface area contributed by atoms with Gasteiger partial charge in [0.2, 0.25) is 0 Å². The van der Waals surface area contributed by atoms with Crippen molar-refractivity contribution in [2.24, 2.45) is 5.92 Å². The number of hydrogen-bond donors (Lipinski definition) is 1. The summed E-state index contributed by atoms with van der Waals surface area (Å²) in [5, 5.41) is 9.21. The van der Waals surface area contributed by atoms with Crippen molar-refractivity contribution < 1.29 is 9.84 Å². The molecule has 2 nitrogen and oxygen atoms in total. The molecular weight excluding hydrogens is 176 g/mol. The molecule has 1 aliphatic rings. The second kappa shape index (κ2) is 4.18. The van der Waals surface area contributed by atoms with Gasteiger partial charge in [0.1, 0.15) is 11.5 Å². The lowest BCUT2D eigenvalue weighted by molar-refractivity contribution is 0.255. The molecule has 0 saturated heterocycles. The summed E-state index contributed by atoms with van der Waals surface area (Å²) in [6, 6.07) is 6.94. The van der Waals surface area contributed by atoms with Gasteiger partial charge < -0.3 is 9.84 Å². The van der Waals surface area contributed by atoms with Crippen LogP contribution in [0.4, 0.5) is 0 Å². The monoisotopic (exact) mass is 190 g/mol. The van der Waals surface area contributed by atoms with E-state index in [0.717, 1.165) is 25.2 Å². The fourth-order valence-corrected chi connectivity index (χ4v) is 1.60. The molecule has 1 aromatic rings. The maximum Gasteiger partial charge on any atom is 0.122 e. The Morgan fingerprint density at radius 1 is 1.29 bits per heavy atom. The van der Waals surface area contributed by atoms with Gasteiger partial charge in [-0.15, -0.1) is 0 Å². The Balaban J connectivity index is 1.85. The first-order chi connectivity index (χ1) is 6.84. The van der Waals surface area contributed by atoms with Gasteiger partial charge in [-0.1, -0.05) is 18.2 Å². The normalized spacial score (nSPS) is 16.0. The fourth-order valence-electron chi connectivity index (χ4n) is 1.60. The van der Waals surface area contributed by atoms with Crippen molar-refractivity contribution in [2.45, 2.75) is 12.8 Å². The predicted molar refractivity (Wildman–Crippen MR) is 55.5 cm³/mol. The van der Waals surface area contributed by atoms with Crippen molar-refractivity contribution >= 4 is 0 Å². The van der Waals surface area contributed by atoms with Gasteiger partial charge >= 0.3 is 0 Å². The maximum absolute atomic E-state index is 9.21. The topological polar surface area (TPSA) is 29.5 Å². The van der Waals surface area contributed by atoms with E-state index in [1.54, 1.807) is 18.2 Å². The molecule has 0 spiro atoms. The van der Waals surface area contributed by atoms with Crippen LogP contribution in [0, 0.1) is 5.92 Å². The summed E-state index contributed by atoms with van der Waals surface area (Å²) in [5.41, 5.74) is 0. The quantitative estimate of drug-likeness (QED) is 0.742. The van der Waals surface area contributed by atoms with Gasteiger partial charge in [0.05, 0.1) is 6.61 Å². The van der Waals surface area contributed by atoms with Crippen molar-refractivity contribution in [3.05, 3.63) is 36.4 Å². The largest absolute Gasteiger partial charge is 0.508 e. The minimum absolute atomic E-state index is 0.257. The van der Waals surface area contributed by atoms with Crippen molar-refractivity contribution in [1.82, 2.24) is 0 Å². The molecule has 14 heavy (non-hydrogen) atoms. The van der Waals surface area contributed by atoms with Crippen LogP contribution in [0.25, 0.3) is 0 Å². The molecule has 0 saturated carbocycles. The number of phenolic OH excluding ortho intramolecular Hbond substituents is 1. The molecule has 0 unspecified atom stereocenters. The van der Waals surface area contributed by atoms with Crippen LogP contribution in [0.1, 0.15) is 12.8 Å². The predicted octanol–water partition coefficient (Wildman–Crippen LogP) is 2.74. The number of phenols is 1. The van der Waals surface area contributed by atoms with E-state index in [1.165, 1.54) is 0 Å². The lowest BCUT2D eigenvalue weighted by Crippen LogP contribution is -2.08. The molecule has 0 radical (unpaired) electrons. The molecule has 0 heterocycles. The smallest absolute Gasteiger partial charge is 0.122 e. The van der Waals surface area contributed by atoms with E-state index in [4.69, 9.17) is 4.74 Å². The summed E-state index contributed by atoms with van der Waals surface area (Å²) in [6.07, 6.45) is 6.60. The Labute approximate surface area is 83.8 Å². The van der Waals surface area contributed by atoms with Gasteiger partial charge in [0, 0.05) is 6.07 Å². The minimum atomic E-state index is 0.257. The summed E-state index contributed by atoms with van der Waals surface area (Å²) < 4.78 is 5.57. The molecule has 0 amide bonds. The molecule has 1 N–H and O–H groups in total. The highest BCUT2D eigenvalue weighted by Gasteiger charge is 2.10. The number of hydrogen-bond acceptors (Lipinski definition) is 2. The maximum atomic E-state index is 9.21. The standard InChI is InChI=1S/C12H14O2/c13-11-6-3-7-12(8-11)14-9-10-4-1-2-5-10/h1-3,6-8,10,13H,4-5,9H2. The summed E-state index contributed by atoms with van der Waals surface area (Å²) in [4.78, 5) is 0. The highest BCUT2D eigenvalue weighted by Crippen LogP contribution is 2.22. The van der Waals surface area contributed by atoms with Gasteiger partial charge in [-0.2, -0.15) is 0 Å². The van der Waals surface area contributed by atoms with Gasteiger partial charge in [0.15, 0.2) is 0 Å². The Kier molecular flexibility index (Phi) is 2.73. The molecule has 74 valence electrons. The first-order valence-corrected chi connectivity index (χ1v) is 4.91. The lowest BCUT2D eigenvalue weighted by atomic mass is 10.1. The zero-order valence-electron chi connectivity index (χ0n) is 8.02. The first kappa shape index (κ1) is 9.13. The molecule has 2 heteroatoms. The van der Waals surface area contributed by atoms with Crippen LogP contribution in [-0.4, -0.2) is 11.7 Å². The highest BCUT2D eigenvalue weighted by molar-refractivity contribution is 5.31. The molecule has 0 aliphatic heterocycles. The van der Waals surface area contributed by atoms with Crippen molar-refractivity contribution in [2.75, 3.05) is 6.61 Å². The molecule has 0 bridgehead atoms. The van der Waals surface area contributed by atoms with Crippen molar-refractivity contribution in [3.63, 3.8) is 0 Å². The Morgan fingerprint density at radius 2 is 2.07 bits per heavy atom. The molecule has 2 rings (SSSR count). The minimum Gasteiger partial charge on any atom is -0.508 e. The summed E-state index contributed by atoms with van der Waals surface area (Å²) in [5.74, 6) is 1.61. The molecule has 0 fully saturated rings. The number of rotatable bonds is 3. The number of benzene rings is 1. The average Bonchev–Trinajstić information content (AvgIpc) is 2.67. The number of aromatic hydroxyl groups is 1. The van der Waals surface area contributed by atoms with Gasteiger partial charge in [-0.05, 0) is 30.9 Å². The zero-order chi connectivity index (χ0) is 9.80. The lowest BCUT2D eigenvalue weighted by Gasteiger charge is -2.11. The average molecular weight is 190 g/mol.